The highest BCUT2D eigenvalue weighted by Gasteiger charge is 2.24. The maximum atomic E-state index is 9.63. The number of rotatable bonds is 3. The first-order chi connectivity index (χ1) is 8.45. The van der Waals surface area contributed by atoms with Crippen LogP contribution < -0.4 is 10.6 Å². The largest absolute Gasteiger partial charge is 0.508 e. The van der Waals surface area contributed by atoms with E-state index < -0.39 is 0 Å². The summed E-state index contributed by atoms with van der Waals surface area (Å²) in [5.74, 6) is 1.08. The molecule has 0 aliphatic heterocycles. The molecule has 0 unspecified atom stereocenters. The highest BCUT2D eigenvalue weighted by atomic mass is 16.3. The summed E-state index contributed by atoms with van der Waals surface area (Å²) in [5, 5.41) is 11.6. The quantitative estimate of drug-likeness (QED) is 0.869. The first kappa shape index (κ1) is 12.6. The summed E-state index contributed by atoms with van der Waals surface area (Å²) in [6, 6.07) is 7.24. The third-order valence-corrected chi connectivity index (χ3v) is 3.45. The van der Waals surface area contributed by atoms with Crippen LogP contribution in [-0.2, 0) is 0 Å². The van der Waals surface area contributed by atoms with Crippen LogP contribution in [0.15, 0.2) is 30.5 Å². The number of aromatic nitrogens is 1. The van der Waals surface area contributed by atoms with E-state index in [9.17, 15) is 5.11 Å². The zero-order valence-corrected chi connectivity index (χ0v) is 11.0. The van der Waals surface area contributed by atoms with Gasteiger partial charge in [0.05, 0.1) is 0 Å². The fourth-order valence-corrected chi connectivity index (χ4v) is 1.83. The van der Waals surface area contributed by atoms with Crippen molar-refractivity contribution in [3.63, 3.8) is 0 Å². The van der Waals surface area contributed by atoms with Gasteiger partial charge in [-0.15, -0.1) is 0 Å². The molecule has 0 fully saturated rings. The number of phenols is 1. The smallest absolute Gasteiger partial charge is 0.136 e. The van der Waals surface area contributed by atoms with Crippen LogP contribution in [0.3, 0.4) is 0 Å². The first-order valence-electron chi connectivity index (χ1n) is 5.97. The summed E-state index contributed by atoms with van der Waals surface area (Å²) in [4.78, 5) is 6.47. The van der Waals surface area contributed by atoms with Crippen LogP contribution in [0.5, 0.6) is 5.75 Å². The van der Waals surface area contributed by atoms with Crippen molar-refractivity contribution in [1.82, 2.24) is 4.98 Å². The third kappa shape index (κ3) is 2.11. The Balaban J connectivity index is 2.60. The minimum absolute atomic E-state index is 0.188. The number of phenolic OH excluding ortho intramolecular Hbond substituents is 1. The molecule has 1 aromatic carbocycles. The fraction of sp³-hybridized carbons (Fsp3) is 0.357. The molecule has 18 heavy (non-hydrogen) atoms. The van der Waals surface area contributed by atoms with Crippen LogP contribution in [-0.4, -0.2) is 29.2 Å². The van der Waals surface area contributed by atoms with Crippen molar-refractivity contribution < 1.29 is 5.11 Å². The lowest BCUT2D eigenvalue weighted by atomic mass is 10.0. The Morgan fingerprint density at radius 1 is 1.33 bits per heavy atom. The molecule has 0 bridgehead atoms. The molecule has 0 spiro atoms. The Labute approximate surface area is 107 Å². The molecule has 4 heteroatoms. The average Bonchev–Trinajstić information content (AvgIpc) is 2.37. The van der Waals surface area contributed by atoms with Crippen molar-refractivity contribution in [1.29, 1.82) is 0 Å². The van der Waals surface area contributed by atoms with Crippen LogP contribution in [0.25, 0.3) is 10.8 Å². The standard InChI is InChI=1S/C14H19N3O/c1-14(2,9-15)17(3)13-12-8-11(18)5-4-10(12)6-7-16-13/h4-8,18H,9,15H2,1-3H3. The molecule has 2 rings (SSSR count). The number of nitrogens with two attached hydrogens (primary N) is 1. The molecule has 2 aromatic rings. The van der Waals surface area contributed by atoms with Gasteiger partial charge in [-0.2, -0.15) is 0 Å². The predicted molar refractivity (Wildman–Crippen MR) is 74.9 cm³/mol. The number of hydrogen-bond donors (Lipinski definition) is 2. The van der Waals surface area contributed by atoms with Gasteiger partial charge in [-0.1, -0.05) is 6.07 Å². The first-order valence-corrected chi connectivity index (χ1v) is 5.97. The Bertz CT molecular complexity index is 566. The summed E-state index contributed by atoms with van der Waals surface area (Å²) in [6.45, 7) is 4.66. The minimum atomic E-state index is -0.188. The molecule has 0 amide bonds. The third-order valence-electron chi connectivity index (χ3n) is 3.45. The second-order valence-electron chi connectivity index (χ2n) is 5.12. The molecule has 0 aliphatic carbocycles. The number of anilines is 1. The summed E-state index contributed by atoms with van der Waals surface area (Å²) >= 11 is 0. The Hall–Kier alpha value is -1.81. The lowest BCUT2D eigenvalue weighted by Gasteiger charge is -2.36. The van der Waals surface area contributed by atoms with Gasteiger partial charge < -0.3 is 15.7 Å². The van der Waals surface area contributed by atoms with Gasteiger partial charge in [0, 0.05) is 30.7 Å². The molecule has 0 saturated carbocycles. The van der Waals surface area contributed by atoms with Gasteiger partial charge in [-0.05, 0) is 37.4 Å². The molecule has 96 valence electrons. The summed E-state index contributed by atoms with van der Waals surface area (Å²) in [7, 11) is 1.97. The topological polar surface area (TPSA) is 62.4 Å². The van der Waals surface area contributed by atoms with Gasteiger partial charge in [0.25, 0.3) is 0 Å². The Morgan fingerprint density at radius 2 is 2.06 bits per heavy atom. The van der Waals surface area contributed by atoms with Crippen LogP contribution in [0.4, 0.5) is 5.82 Å². The number of hydrogen-bond acceptors (Lipinski definition) is 4. The number of benzene rings is 1. The van der Waals surface area contributed by atoms with Crippen molar-refractivity contribution in [2.75, 3.05) is 18.5 Å². The number of nitrogens with zero attached hydrogens (tertiary/aromatic N) is 2. The number of pyridine rings is 1. The lowest BCUT2D eigenvalue weighted by Crippen LogP contribution is -2.47. The van der Waals surface area contributed by atoms with Gasteiger partial charge >= 0.3 is 0 Å². The number of fused-ring (bicyclic) bond motifs is 1. The Kier molecular flexibility index (Phi) is 3.13. The van der Waals surface area contributed by atoms with E-state index in [-0.39, 0.29) is 11.3 Å². The molecule has 0 aliphatic rings. The average molecular weight is 245 g/mol. The monoisotopic (exact) mass is 245 g/mol. The summed E-state index contributed by atoms with van der Waals surface area (Å²) < 4.78 is 0. The van der Waals surface area contributed by atoms with E-state index >= 15 is 0 Å². The molecular weight excluding hydrogens is 226 g/mol. The second-order valence-corrected chi connectivity index (χ2v) is 5.12. The van der Waals surface area contributed by atoms with Gasteiger partial charge in [-0.25, -0.2) is 4.98 Å². The maximum absolute atomic E-state index is 9.63. The molecule has 0 saturated heterocycles. The van der Waals surface area contributed by atoms with E-state index in [1.54, 1.807) is 18.3 Å². The van der Waals surface area contributed by atoms with Crippen LogP contribution in [0.2, 0.25) is 0 Å². The maximum Gasteiger partial charge on any atom is 0.136 e. The van der Waals surface area contributed by atoms with E-state index in [1.807, 2.05) is 19.2 Å². The van der Waals surface area contributed by atoms with E-state index in [4.69, 9.17) is 5.73 Å². The fourth-order valence-electron chi connectivity index (χ4n) is 1.83. The van der Waals surface area contributed by atoms with Gasteiger partial charge in [0.15, 0.2) is 0 Å². The zero-order chi connectivity index (χ0) is 13.3. The lowest BCUT2D eigenvalue weighted by molar-refractivity contribution is 0.476. The SMILES string of the molecule is CN(c1nccc2ccc(O)cc12)C(C)(C)CN. The molecule has 1 heterocycles. The van der Waals surface area contributed by atoms with E-state index in [1.165, 1.54) is 0 Å². The van der Waals surface area contributed by atoms with Gasteiger partial charge in [0.2, 0.25) is 0 Å². The van der Waals surface area contributed by atoms with Gasteiger partial charge in [-0.3, -0.25) is 0 Å². The molecule has 0 radical (unpaired) electrons. The molecule has 3 N–H and O–H groups in total. The van der Waals surface area contributed by atoms with Crippen LogP contribution in [0.1, 0.15) is 13.8 Å². The Morgan fingerprint density at radius 3 is 2.72 bits per heavy atom. The van der Waals surface area contributed by atoms with Gasteiger partial charge in [0.1, 0.15) is 11.6 Å². The normalized spacial score (nSPS) is 11.8. The highest BCUT2D eigenvalue weighted by molar-refractivity contribution is 5.93. The van der Waals surface area contributed by atoms with Crippen LogP contribution in [0, 0.1) is 0 Å². The van der Waals surface area contributed by atoms with Crippen LogP contribution >= 0.6 is 0 Å². The van der Waals surface area contributed by atoms with E-state index in [2.05, 4.69) is 23.7 Å². The van der Waals surface area contributed by atoms with Crippen molar-refractivity contribution in [3.05, 3.63) is 30.5 Å². The van der Waals surface area contributed by atoms with E-state index in [0.717, 1.165) is 16.6 Å². The summed E-state index contributed by atoms with van der Waals surface area (Å²) in [5.41, 5.74) is 5.61. The van der Waals surface area contributed by atoms with Crippen molar-refractivity contribution in [2.24, 2.45) is 5.73 Å². The molecule has 0 atom stereocenters. The van der Waals surface area contributed by atoms with Crippen molar-refractivity contribution in [2.45, 2.75) is 19.4 Å². The van der Waals surface area contributed by atoms with Crippen molar-refractivity contribution >= 4 is 16.6 Å². The summed E-state index contributed by atoms with van der Waals surface area (Å²) in [6.07, 6.45) is 1.78. The number of likely N-dealkylation sites (N-methyl/N-ethyl adjacent to an activating group) is 1. The molecule has 4 nitrogen and oxygen atoms in total. The van der Waals surface area contributed by atoms with E-state index in [0.29, 0.717) is 6.54 Å². The highest BCUT2D eigenvalue weighted by Crippen LogP contribution is 2.30. The second kappa shape index (κ2) is 4.46. The van der Waals surface area contributed by atoms with Crippen molar-refractivity contribution in [3.8, 4) is 5.75 Å². The molecular formula is C14H19N3O. The number of aromatic hydroxyl groups is 1. The zero-order valence-electron chi connectivity index (χ0n) is 11.0. The predicted octanol–water partition coefficient (Wildman–Crippen LogP) is 2.11. The molecule has 1 aromatic heterocycles. The minimum Gasteiger partial charge on any atom is -0.508 e.